The first-order chi connectivity index (χ1) is 11.6. The normalized spacial score (nSPS) is 10.5. The van der Waals surface area contributed by atoms with Crippen molar-refractivity contribution >= 4 is 28.6 Å². The van der Waals surface area contributed by atoms with Crippen LogP contribution < -0.4 is 5.56 Å². The van der Waals surface area contributed by atoms with Crippen LogP contribution in [0.5, 0.6) is 0 Å². The lowest BCUT2D eigenvalue weighted by atomic mass is 10.2. The van der Waals surface area contributed by atoms with Crippen LogP contribution in [0.4, 0.5) is 0 Å². The van der Waals surface area contributed by atoms with Crippen molar-refractivity contribution in [3.05, 3.63) is 34.6 Å². The molecule has 0 radical (unpaired) electrons. The Bertz CT molecular complexity index is 825. The topological polar surface area (TPSA) is 79.0 Å². The van der Waals surface area contributed by atoms with Gasteiger partial charge in [0.1, 0.15) is 0 Å². The monoisotopic (exact) mass is 344 g/mol. The molecule has 2 rings (SSSR count). The molecule has 0 aliphatic carbocycles. The summed E-state index contributed by atoms with van der Waals surface area (Å²) in [6.07, 6.45) is 0.318. The average molecular weight is 344 g/mol. The van der Waals surface area contributed by atoms with Gasteiger partial charge in [-0.1, -0.05) is 23.9 Å². The molecule has 1 heterocycles. The first kappa shape index (κ1) is 18.0. The van der Waals surface area contributed by atoms with Crippen LogP contribution >= 0.6 is 11.8 Å². The maximum absolute atomic E-state index is 12.5. The van der Waals surface area contributed by atoms with Crippen molar-refractivity contribution in [2.24, 2.45) is 0 Å². The van der Waals surface area contributed by atoms with E-state index in [9.17, 15) is 9.59 Å². The van der Waals surface area contributed by atoms with Crippen LogP contribution in [0.15, 0.2) is 34.2 Å². The van der Waals surface area contributed by atoms with Crippen LogP contribution in [0, 0.1) is 11.3 Å². The summed E-state index contributed by atoms with van der Waals surface area (Å²) in [5.41, 5.74) is 0.550. The lowest BCUT2D eigenvalue weighted by molar-refractivity contribution is -0.128. The quantitative estimate of drug-likeness (QED) is 0.569. The Labute approximate surface area is 145 Å². The summed E-state index contributed by atoms with van der Waals surface area (Å²) in [6.45, 7) is 5.26. The summed E-state index contributed by atoms with van der Waals surface area (Å²) in [7, 11) is 0. The first-order valence-electron chi connectivity index (χ1n) is 7.89. The summed E-state index contributed by atoms with van der Waals surface area (Å²) >= 11 is 1.26. The fourth-order valence-electron chi connectivity index (χ4n) is 2.40. The predicted octanol–water partition coefficient (Wildman–Crippen LogP) is 2.27. The van der Waals surface area contributed by atoms with Gasteiger partial charge in [0, 0.05) is 19.6 Å². The second-order valence-corrected chi connectivity index (χ2v) is 6.07. The zero-order valence-electron chi connectivity index (χ0n) is 13.9. The van der Waals surface area contributed by atoms with Crippen LogP contribution in [0.3, 0.4) is 0 Å². The van der Waals surface area contributed by atoms with Gasteiger partial charge in [0.25, 0.3) is 5.56 Å². The van der Waals surface area contributed by atoms with E-state index in [-0.39, 0.29) is 17.2 Å². The van der Waals surface area contributed by atoms with Gasteiger partial charge >= 0.3 is 0 Å². The minimum absolute atomic E-state index is 0.0530. The highest BCUT2D eigenvalue weighted by atomic mass is 32.2. The third kappa shape index (κ3) is 3.95. The number of amides is 1. The number of carbonyl (C=O) groups excluding carboxylic acids is 1. The third-order valence-electron chi connectivity index (χ3n) is 3.70. The number of thioether (sulfide) groups is 1. The summed E-state index contributed by atoms with van der Waals surface area (Å²) in [5.74, 6) is 0.146. The van der Waals surface area contributed by atoms with Crippen molar-refractivity contribution in [1.82, 2.24) is 14.5 Å². The summed E-state index contributed by atoms with van der Waals surface area (Å²) in [4.78, 5) is 31.0. The summed E-state index contributed by atoms with van der Waals surface area (Å²) in [6, 6.07) is 9.26. The molecule has 7 heteroatoms. The van der Waals surface area contributed by atoms with Crippen molar-refractivity contribution in [2.45, 2.75) is 32.0 Å². The van der Waals surface area contributed by atoms with E-state index in [2.05, 4.69) is 4.98 Å². The molecule has 0 N–H and O–H groups in total. The highest BCUT2D eigenvalue weighted by Crippen LogP contribution is 2.18. The van der Waals surface area contributed by atoms with Crippen molar-refractivity contribution < 1.29 is 4.79 Å². The zero-order valence-corrected chi connectivity index (χ0v) is 14.7. The Kier molecular flexibility index (Phi) is 6.38. The molecule has 0 unspecified atom stereocenters. The van der Waals surface area contributed by atoms with Crippen molar-refractivity contribution in [2.75, 3.05) is 18.8 Å². The lowest BCUT2D eigenvalue weighted by Gasteiger charge is -2.19. The maximum atomic E-state index is 12.5. The Hall–Kier alpha value is -2.33. The van der Waals surface area contributed by atoms with Gasteiger partial charge in [0.05, 0.1) is 29.1 Å². The van der Waals surface area contributed by atoms with E-state index in [0.29, 0.717) is 42.1 Å². The fraction of sp³-hybridized carbons (Fsp3) is 0.412. The van der Waals surface area contributed by atoms with E-state index in [4.69, 9.17) is 5.26 Å². The zero-order chi connectivity index (χ0) is 17.5. The highest BCUT2D eigenvalue weighted by molar-refractivity contribution is 7.99. The first-order valence-corrected chi connectivity index (χ1v) is 8.88. The largest absolute Gasteiger partial charge is 0.341 e. The maximum Gasteiger partial charge on any atom is 0.262 e. The molecule has 0 fully saturated rings. The molecular weight excluding hydrogens is 324 g/mol. The van der Waals surface area contributed by atoms with Crippen molar-refractivity contribution in [1.29, 1.82) is 5.26 Å². The molecule has 1 aromatic heterocycles. The lowest BCUT2D eigenvalue weighted by Crippen LogP contribution is -2.33. The van der Waals surface area contributed by atoms with Crippen molar-refractivity contribution in [3.8, 4) is 6.07 Å². The number of para-hydroxylation sites is 1. The predicted molar refractivity (Wildman–Crippen MR) is 94.9 cm³/mol. The molecule has 0 saturated carbocycles. The van der Waals surface area contributed by atoms with Crippen molar-refractivity contribution in [3.63, 3.8) is 0 Å². The molecule has 2 aromatic rings. The number of nitrogens with zero attached hydrogens (tertiary/aromatic N) is 4. The second-order valence-electron chi connectivity index (χ2n) is 5.13. The smallest absolute Gasteiger partial charge is 0.262 e. The van der Waals surface area contributed by atoms with Gasteiger partial charge < -0.3 is 4.90 Å². The van der Waals surface area contributed by atoms with Gasteiger partial charge in [-0.3, -0.25) is 14.2 Å². The molecule has 0 aliphatic heterocycles. The second kappa shape index (κ2) is 8.50. The number of nitriles is 1. The van der Waals surface area contributed by atoms with Crippen LogP contribution in [-0.2, 0) is 11.3 Å². The Balaban J connectivity index is 2.22. The Morgan fingerprint density at radius 2 is 2.12 bits per heavy atom. The fourth-order valence-corrected chi connectivity index (χ4v) is 3.36. The Morgan fingerprint density at radius 3 is 2.79 bits per heavy atom. The standard InChI is InChI=1S/C17H20N4O2S/c1-3-20(11-7-10-18)15(22)12-24-17-19-14-9-6-5-8-13(14)16(23)21(17)4-2/h5-6,8-9H,3-4,7,11-12H2,1-2H3. The van der Waals surface area contributed by atoms with Gasteiger partial charge in [-0.2, -0.15) is 5.26 Å². The van der Waals surface area contributed by atoms with Crippen LogP contribution in [0.25, 0.3) is 10.9 Å². The average Bonchev–Trinajstić information content (AvgIpc) is 2.60. The SMILES string of the molecule is CCN(CCC#N)C(=O)CSc1nc2ccccc2c(=O)n1CC. The van der Waals surface area contributed by atoms with Crippen LogP contribution in [-0.4, -0.2) is 39.2 Å². The molecule has 0 saturated heterocycles. The molecular formula is C17H20N4O2S. The number of benzene rings is 1. The van der Waals surface area contributed by atoms with Crippen LogP contribution in [0.1, 0.15) is 20.3 Å². The number of hydrogen-bond donors (Lipinski definition) is 0. The number of fused-ring (bicyclic) bond motifs is 1. The van der Waals surface area contributed by atoms with Gasteiger partial charge in [0.15, 0.2) is 5.16 Å². The third-order valence-corrected chi connectivity index (χ3v) is 4.66. The molecule has 1 amide bonds. The molecule has 0 spiro atoms. The summed E-state index contributed by atoms with van der Waals surface area (Å²) < 4.78 is 1.59. The number of hydrogen-bond acceptors (Lipinski definition) is 5. The number of aromatic nitrogens is 2. The van der Waals surface area contributed by atoms with E-state index >= 15 is 0 Å². The minimum Gasteiger partial charge on any atom is -0.341 e. The van der Waals surface area contributed by atoms with E-state index in [0.717, 1.165) is 0 Å². The van der Waals surface area contributed by atoms with Gasteiger partial charge in [0.2, 0.25) is 5.91 Å². The van der Waals surface area contributed by atoms with Crippen LogP contribution in [0.2, 0.25) is 0 Å². The minimum atomic E-state index is -0.0881. The number of carbonyl (C=O) groups is 1. The molecule has 24 heavy (non-hydrogen) atoms. The molecule has 126 valence electrons. The summed E-state index contributed by atoms with van der Waals surface area (Å²) in [5, 5.41) is 9.79. The van der Waals surface area contributed by atoms with Gasteiger partial charge in [-0.15, -0.1) is 0 Å². The molecule has 0 aliphatic rings. The van der Waals surface area contributed by atoms with E-state index < -0.39 is 0 Å². The highest BCUT2D eigenvalue weighted by Gasteiger charge is 2.15. The van der Waals surface area contributed by atoms with Gasteiger partial charge in [-0.25, -0.2) is 4.98 Å². The Morgan fingerprint density at radius 1 is 1.38 bits per heavy atom. The van der Waals surface area contributed by atoms with E-state index in [1.165, 1.54) is 11.8 Å². The molecule has 6 nitrogen and oxygen atoms in total. The van der Waals surface area contributed by atoms with E-state index in [1.807, 2.05) is 32.0 Å². The molecule has 1 aromatic carbocycles. The molecule has 0 bridgehead atoms. The van der Waals surface area contributed by atoms with E-state index in [1.54, 1.807) is 21.6 Å². The number of rotatable bonds is 7. The van der Waals surface area contributed by atoms with Gasteiger partial charge in [-0.05, 0) is 26.0 Å². The molecule has 0 atom stereocenters.